The van der Waals surface area contributed by atoms with Gasteiger partial charge in [-0.05, 0) is 73.0 Å². The highest BCUT2D eigenvalue weighted by atomic mass is 35.5. The van der Waals surface area contributed by atoms with Gasteiger partial charge in [0.25, 0.3) is 0 Å². The Bertz CT molecular complexity index is 1000. The van der Waals surface area contributed by atoms with Crippen LogP contribution >= 0.6 is 11.6 Å². The maximum atomic E-state index is 11.8. The van der Waals surface area contributed by atoms with Gasteiger partial charge in [0, 0.05) is 11.7 Å². The van der Waals surface area contributed by atoms with Crippen molar-refractivity contribution in [1.82, 2.24) is 15.4 Å². The normalized spacial score (nSPS) is 30.2. The van der Waals surface area contributed by atoms with Crippen LogP contribution in [0.2, 0.25) is 5.02 Å². The monoisotopic (exact) mass is 455 g/mol. The van der Waals surface area contributed by atoms with E-state index in [0.717, 1.165) is 17.2 Å². The van der Waals surface area contributed by atoms with E-state index in [4.69, 9.17) is 16.6 Å². The Labute approximate surface area is 193 Å². The summed E-state index contributed by atoms with van der Waals surface area (Å²) < 4.78 is 0. The number of halogens is 1. The summed E-state index contributed by atoms with van der Waals surface area (Å²) in [7, 11) is 1.42. The summed E-state index contributed by atoms with van der Waals surface area (Å²) >= 11 is 6.48. The van der Waals surface area contributed by atoms with Crippen LogP contribution in [0, 0.1) is 23.2 Å². The molecule has 1 aromatic carbocycles. The Morgan fingerprint density at radius 3 is 2.75 bits per heavy atom. The van der Waals surface area contributed by atoms with Crippen LogP contribution in [0.3, 0.4) is 0 Å². The van der Waals surface area contributed by atoms with Gasteiger partial charge in [0.1, 0.15) is 5.02 Å². The maximum absolute atomic E-state index is 11.8. The van der Waals surface area contributed by atoms with Gasteiger partial charge in [-0.1, -0.05) is 30.7 Å². The lowest BCUT2D eigenvalue weighted by Crippen LogP contribution is -2.55. The van der Waals surface area contributed by atoms with E-state index in [-0.39, 0.29) is 12.3 Å². The Hall–Kier alpha value is -2.38. The standard InChI is InChI=1S/C24H30ClN5O2/c1-24-10-15-6-16(11-24)21(17(7-15)12-24)28-22-19(25)13-26-23(29-22)27-18-5-3-4-14(8-18)9-20(31)30-32-2/h3-5,8,13,15-17,21H,6-7,9-12H2,1-2H3,(H,30,31)(H2,26,27,28,29). The number of rotatable bonds is 7. The molecule has 8 heteroatoms. The molecule has 0 saturated heterocycles. The van der Waals surface area contributed by atoms with Crippen molar-refractivity contribution in [2.75, 3.05) is 17.7 Å². The van der Waals surface area contributed by atoms with Gasteiger partial charge in [-0.3, -0.25) is 9.63 Å². The number of carbonyl (C=O) groups excluding carboxylic acids is 1. The van der Waals surface area contributed by atoms with Crippen LogP contribution < -0.4 is 16.1 Å². The number of nitrogens with one attached hydrogen (secondary N) is 3. The number of amides is 1. The first-order valence-corrected chi connectivity index (χ1v) is 11.8. The van der Waals surface area contributed by atoms with E-state index in [1.165, 1.54) is 39.2 Å². The van der Waals surface area contributed by atoms with Crippen molar-refractivity contribution >= 4 is 35.0 Å². The SMILES string of the molecule is CONC(=O)Cc1cccc(Nc2ncc(Cl)c(NC3C4CC5CC3CC(C)(C5)C4)n2)c1. The zero-order chi connectivity index (χ0) is 22.3. The molecule has 2 atom stereocenters. The van der Waals surface area contributed by atoms with Crippen molar-refractivity contribution in [3.63, 3.8) is 0 Å². The van der Waals surface area contributed by atoms with Gasteiger partial charge >= 0.3 is 0 Å². The summed E-state index contributed by atoms with van der Waals surface area (Å²) in [5, 5.41) is 7.48. The van der Waals surface area contributed by atoms with Crippen molar-refractivity contribution in [1.29, 1.82) is 0 Å². The van der Waals surface area contributed by atoms with Gasteiger partial charge in [-0.2, -0.15) is 4.98 Å². The predicted molar refractivity (Wildman–Crippen MR) is 125 cm³/mol. The molecule has 2 unspecified atom stereocenters. The molecule has 0 radical (unpaired) electrons. The Balaban J connectivity index is 1.29. The first-order chi connectivity index (χ1) is 15.4. The van der Waals surface area contributed by atoms with E-state index in [2.05, 4.69) is 32.9 Å². The molecule has 4 aliphatic rings. The van der Waals surface area contributed by atoms with E-state index in [1.807, 2.05) is 24.3 Å². The highest BCUT2D eigenvalue weighted by Crippen LogP contribution is 2.60. The molecule has 4 aliphatic carbocycles. The average molecular weight is 456 g/mol. The zero-order valence-corrected chi connectivity index (χ0v) is 19.3. The van der Waals surface area contributed by atoms with Crippen LogP contribution in [-0.4, -0.2) is 29.0 Å². The quantitative estimate of drug-likeness (QED) is 0.523. The molecule has 7 nitrogen and oxygen atoms in total. The molecule has 1 heterocycles. The summed E-state index contributed by atoms with van der Waals surface area (Å²) in [5.41, 5.74) is 4.53. The summed E-state index contributed by atoms with van der Waals surface area (Å²) in [6, 6.07) is 8.04. The molecule has 1 amide bonds. The molecule has 32 heavy (non-hydrogen) atoms. The second kappa shape index (κ2) is 8.52. The lowest BCUT2D eigenvalue weighted by molar-refractivity contribution is -0.130. The molecule has 0 spiro atoms. The fraction of sp³-hybridized carbons (Fsp3) is 0.542. The number of carbonyl (C=O) groups is 1. The first-order valence-electron chi connectivity index (χ1n) is 11.4. The van der Waals surface area contributed by atoms with E-state index < -0.39 is 0 Å². The van der Waals surface area contributed by atoms with Gasteiger partial charge < -0.3 is 10.6 Å². The van der Waals surface area contributed by atoms with E-state index in [9.17, 15) is 4.79 Å². The number of aromatic nitrogens is 2. The molecule has 1 aromatic heterocycles. The van der Waals surface area contributed by atoms with Crippen LogP contribution in [0.25, 0.3) is 0 Å². The minimum Gasteiger partial charge on any atom is -0.365 e. The fourth-order valence-corrected chi connectivity index (χ4v) is 6.72. The molecule has 0 aliphatic heterocycles. The molecule has 2 aromatic rings. The highest BCUT2D eigenvalue weighted by Gasteiger charge is 2.53. The molecular weight excluding hydrogens is 426 g/mol. The summed E-state index contributed by atoms with van der Waals surface area (Å²) in [5.74, 6) is 3.26. The van der Waals surface area contributed by atoms with Crippen LogP contribution in [-0.2, 0) is 16.1 Å². The molecule has 4 bridgehead atoms. The third-order valence-corrected chi connectivity index (χ3v) is 7.67. The van der Waals surface area contributed by atoms with Crippen molar-refractivity contribution < 1.29 is 9.63 Å². The number of anilines is 3. The minimum absolute atomic E-state index is 0.205. The molecule has 4 saturated carbocycles. The summed E-state index contributed by atoms with van der Waals surface area (Å²) in [6.07, 6.45) is 8.52. The third-order valence-electron chi connectivity index (χ3n) is 7.39. The number of nitrogens with zero attached hydrogens (tertiary/aromatic N) is 2. The second-order valence-corrected chi connectivity index (χ2v) is 10.5. The lowest BCUT2D eigenvalue weighted by atomic mass is 9.48. The van der Waals surface area contributed by atoms with E-state index >= 15 is 0 Å². The Kier molecular flexibility index (Phi) is 5.72. The fourth-order valence-electron chi connectivity index (χ4n) is 6.58. The Morgan fingerprint density at radius 1 is 1.25 bits per heavy atom. The van der Waals surface area contributed by atoms with Crippen LogP contribution in [0.15, 0.2) is 30.5 Å². The van der Waals surface area contributed by atoms with Gasteiger partial charge in [-0.15, -0.1) is 0 Å². The molecule has 6 rings (SSSR count). The molecule has 170 valence electrons. The number of hydroxylamine groups is 1. The minimum atomic E-state index is -0.205. The predicted octanol–water partition coefficient (Wildman–Crippen LogP) is 4.72. The largest absolute Gasteiger partial charge is 0.365 e. The van der Waals surface area contributed by atoms with Crippen LogP contribution in [0.1, 0.15) is 44.6 Å². The van der Waals surface area contributed by atoms with Gasteiger partial charge in [0.15, 0.2) is 5.82 Å². The molecule has 4 fully saturated rings. The summed E-state index contributed by atoms with van der Waals surface area (Å²) in [4.78, 5) is 25.5. The first kappa shape index (κ1) is 21.5. The summed E-state index contributed by atoms with van der Waals surface area (Å²) in [6.45, 7) is 2.47. The van der Waals surface area contributed by atoms with Gasteiger partial charge in [0.05, 0.1) is 19.7 Å². The number of hydrogen-bond acceptors (Lipinski definition) is 6. The van der Waals surface area contributed by atoms with E-state index in [1.54, 1.807) is 6.20 Å². The van der Waals surface area contributed by atoms with E-state index in [0.29, 0.717) is 40.1 Å². The van der Waals surface area contributed by atoms with Crippen LogP contribution in [0.4, 0.5) is 17.5 Å². The lowest BCUT2D eigenvalue weighted by Gasteiger charge is -2.59. The van der Waals surface area contributed by atoms with Crippen LogP contribution in [0.5, 0.6) is 0 Å². The van der Waals surface area contributed by atoms with Crippen molar-refractivity contribution in [2.24, 2.45) is 23.2 Å². The third kappa shape index (κ3) is 4.41. The number of hydrogen-bond donors (Lipinski definition) is 3. The second-order valence-electron chi connectivity index (χ2n) is 10.1. The molecular formula is C24H30ClN5O2. The maximum Gasteiger partial charge on any atom is 0.247 e. The highest BCUT2D eigenvalue weighted by molar-refractivity contribution is 6.32. The zero-order valence-electron chi connectivity index (χ0n) is 18.5. The average Bonchev–Trinajstić information content (AvgIpc) is 2.72. The van der Waals surface area contributed by atoms with Crippen molar-refractivity contribution in [2.45, 2.75) is 51.5 Å². The smallest absolute Gasteiger partial charge is 0.247 e. The topological polar surface area (TPSA) is 88.2 Å². The molecule has 3 N–H and O–H groups in total. The van der Waals surface area contributed by atoms with Gasteiger partial charge in [-0.25, -0.2) is 10.5 Å². The van der Waals surface area contributed by atoms with Gasteiger partial charge in [0.2, 0.25) is 11.9 Å². The Morgan fingerprint density at radius 2 is 2.03 bits per heavy atom. The van der Waals surface area contributed by atoms with Crippen molar-refractivity contribution in [3.05, 3.63) is 41.0 Å². The number of benzene rings is 1. The van der Waals surface area contributed by atoms with Crippen molar-refractivity contribution in [3.8, 4) is 0 Å².